The molecule has 0 amide bonds. The van der Waals surface area contributed by atoms with Crippen LogP contribution in [0.5, 0.6) is 0 Å². The van der Waals surface area contributed by atoms with Gasteiger partial charge in [0, 0.05) is 33.1 Å². The Morgan fingerprint density at radius 2 is 1.22 bits per heavy atom. The zero-order chi connectivity index (χ0) is 30.1. The summed E-state index contributed by atoms with van der Waals surface area (Å²) in [6.45, 7) is 4.69. The van der Waals surface area contributed by atoms with E-state index in [9.17, 15) is 0 Å². The highest BCUT2D eigenvalue weighted by Gasteiger charge is 2.37. The molecule has 214 valence electrons. The molecule has 1 aromatic heterocycles. The Kier molecular flexibility index (Phi) is 5.58. The lowest BCUT2D eigenvalue weighted by Gasteiger charge is -2.29. The SMILES string of the molecule is CC1(C)c2ccccc2-c2c(N(c3ccc(-c4ccccc4)cc3)c3ccc4c(ccc5oc6ccccc6c54)c3)cccc21. The van der Waals surface area contributed by atoms with E-state index in [-0.39, 0.29) is 5.41 Å². The second-order valence-corrected chi connectivity index (χ2v) is 12.6. The van der Waals surface area contributed by atoms with Gasteiger partial charge in [-0.3, -0.25) is 0 Å². The number of hydrogen-bond donors (Lipinski definition) is 0. The standard InChI is InChI=1S/C43H31NO/c1-43(2)36-15-8-6-13-34(36)42-37(43)16-10-17-38(42)44(31-22-19-29(20-23-31)28-11-4-3-5-12-28)32-24-25-33-30(27-32)21-26-40-41(33)35-14-7-9-18-39(35)45-40/h3-27H,1-2H3. The van der Waals surface area contributed by atoms with Gasteiger partial charge in [-0.1, -0.05) is 123 Å². The van der Waals surface area contributed by atoms with Gasteiger partial charge in [0.25, 0.3) is 0 Å². The van der Waals surface area contributed by atoms with Crippen molar-refractivity contribution >= 4 is 49.8 Å². The summed E-state index contributed by atoms with van der Waals surface area (Å²) in [5.74, 6) is 0. The number of rotatable bonds is 4. The number of benzene rings is 7. The normalized spacial score (nSPS) is 13.3. The molecular weight excluding hydrogens is 546 g/mol. The quantitative estimate of drug-likeness (QED) is 0.207. The molecule has 2 nitrogen and oxygen atoms in total. The molecule has 0 fully saturated rings. The third-order valence-electron chi connectivity index (χ3n) is 9.66. The maximum atomic E-state index is 6.22. The molecule has 1 aliphatic carbocycles. The highest BCUT2D eigenvalue weighted by molar-refractivity contribution is 6.19. The summed E-state index contributed by atoms with van der Waals surface area (Å²) in [5, 5.41) is 4.71. The number of para-hydroxylation sites is 1. The molecule has 0 saturated heterocycles. The molecule has 0 unspecified atom stereocenters. The molecule has 0 saturated carbocycles. The first-order valence-electron chi connectivity index (χ1n) is 15.6. The summed E-state index contributed by atoms with van der Waals surface area (Å²) in [5.41, 5.74) is 13.0. The van der Waals surface area contributed by atoms with Gasteiger partial charge in [-0.25, -0.2) is 0 Å². The summed E-state index contributed by atoms with van der Waals surface area (Å²) in [6.07, 6.45) is 0. The van der Waals surface area contributed by atoms with Crippen molar-refractivity contribution in [3.8, 4) is 22.3 Å². The van der Waals surface area contributed by atoms with Gasteiger partial charge in [-0.2, -0.15) is 0 Å². The van der Waals surface area contributed by atoms with Gasteiger partial charge < -0.3 is 9.32 Å². The molecule has 2 heteroatoms. The highest BCUT2D eigenvalue weighted by Crippen LogP contribution is 2.54. The molecular formula is C43H31NO. The molecule has 0 spiro atoms. The van der Waals surface area contributed by atoms with Crippen LogP contribution in [0, 0.1) is 0 Å². The molecule has 1 heterocycles. The second-order valence-electron chi connectivity index (χ2n) is 12.6. The van der Waals surface area contributed by atoms with Crippen LogP contribution in [0.25, 0.3) is 55.0 Å². The molecule has 0 N–H and O–H groups in total. The summed E-state index contributed by atoms with van der Waals surface area (Å²) < 4.78 is 6.22. The number of nitrogens with zero attached hydrogens (tertiary/aromatic N) is 1. The van der Waals surface area contributed by atoms with Gasteiger partial charge in [0.1, 0.15) is 11.2 Å². The summed E-state index contributed by atoms with van der Waals surface area (Å²) >= 11 is 0. The molecule has 45 heavy (non-hydrogen) atoms. The maximum Gasteiger partial charge on any atom is 0.136 e. The average Bonchev–Trinajstić information content (AvgIpc) is 3.59. The smallest absolute Gasteiger partial charge is 0.136 e. The lowest BCUT2D eigenvalue weighted by atomic mass is 9.82. The van der Waals surface area contributed by atoms with E-state index in [1.54, 1.807) is 0 Å². The van der Waals surface area contributed by atoms with Crippen LogP contribution in [0.2, 0.25) is 0 Å². The largest absolute Gasteiger partial charge is 0.456 e. The summed E-state index contributed by atoms with van der Waals surface area (Å²) in [6, 6.07) is 54.7. The molecule has 1 aliphatic rings. The van der Waals surface area contributed by atoms with Gasteiger partial charge in [0.2, 0.25) is 0 Å². The van der Waals surface area contributed by atoms with Crippen molar-refractivity contribution in [3.63, 3.8) is 0 Å². The average molecular weight is 578 g/mol. The van der Waals surface area contributed by atoms with E-state index in [1.165, 1.54) is 55.2 Å². The first-order chi connectivity index (χ1) is 22.1. The van der Waals surface area contributed by atoms with Crippen molar-refractivity contribution in [2.24, 2.45) is 0 Å². The third kappa shape index (κ3) is 3.89. The monoisotopic (exact) mass is 577 g/mol. The molecule has 0 bridgehead atoms. The van der Waals surface area contributed by atoms with Gasteiger partial charge in [-0.05, 0) is 81.1 Å². The Bertz CT molecular complexity index is 2400. The number of anilines is 3. The van der Waals surface area contributed by atoms with Gasteiger partial charge >= 0.3 is 0 Å². The van der Waals surface area contributed by atoms with Crippen molar-refractivity contribution in [2.75, 3.05) is 4.90 Å². The molecule has 7 aromatic carbocycles. The highest BCUT2D eigenvalue weighted by atomic mass is 16.3. The van der Waals surface area contributed by atoms with Crippen molar-refractivity contribution in [1.82, 2.24) is 0 Å². The molecule has 8 aromatic rings. The van der Waals surface area contributed by atoms with Crippen molar-refractivity contribution in [2.45, 2.75) is 19.3 Å². The van der Waals surface area contributed by atoms with Crippen LogP contribution in [0.15, 0.2) is 156 Å². The van der Waals surface area contributed by atoms with E-state index in [1.807, 2.05) is 12.1 Å². The predicted molar refractivity (Wildman–Crippen MR) is 189 cm³/mol. The van der Waals surface area contributed by atoms with E-state index in [4.69, 9.17) is 4.42 Å². The first kappa shape index (κ1) is 25.9. The number of furan rings is 1. The lowest BCUT2D eigenvalue weighted by Crippen LogP contribution is -2.16. The van der Waals surface area contributed by atoms with Gasteiger partial charge in [0.15, 0.2) is 0 Å². The lowest BCUT2D eigenvalue weighted by molar-refractivity contribution is 0.660. The van der Waals surface area contributed by atoms with E-state index >= 15 is 0 Å². The Morgan fingerprint density at radius 1 is 0.511 bits per heavy atom. The van der Waals surface area contributed by atoms with Crippen LogP contribution >= 0.6 is 0 Å². The first-order valence-corrected chi connectivity index (χ1v) is 15.6. The maximum absolute atomic E-state index is 6.22. The van der Waals surface area contributed by atoms with Gasteiger partial charge in [0.05, 0.1) is 5.69 Å². The topological polar surface area (TPSA) is 16.4 Å². The van der Waals surface area contributed by atoms with Crippen molar-refractivity contribution in [1.29, 1.82) is 0 Å². The minimum Gasteiger partial charge on any atom is -0.456 e. The molecule has 9 rings (SSSR count). The predicted octanol–water partition coefficient (Wildman–Crippen LogP) is 12.2. The fourth-order valence-electron chi connectivity index (χ4n) is 7.46. The third-order valence-corrected chi connectivity index (χ3v) is 9.66. The Balaban J connectivity index is 1.28. The van der Waals surface area contributed by atoms with E-state index < -0.39 is 0 Å². The fourth-order valence-corrected chi connectivity index (χ4v) is 7.46. The second kappa shape index (κ2) is 9.70. The van der Waals surface area contributed by atoms with Crippen molar-refractivity contribution < 1.29 is 4.42 Å². The molecule has 0 aliphatic heterocycles. The zero-order valence-electron chi connectivity index (χ0n) is 25.3. The number of hydrogen-bond acceptors (Lipinski definition) is 2. The zero-order valence-corrected chi connectivity index (χ0v) is 25.3. The van der Waals surface area contributed by atoms with Crippen LogP contribution < -0.4 is 4.90 Å². The van der Waals surface area contributed by atoms with Crippen LogP contribution in [-0.4, -0.2) is 0 Å². The van der Waals surface area contributed by atoms with Crippen LogP contribution in [0.4, 0.5) is 17.1 Å². The number of fused-ring (bicyclic) bond motifs is 8. The van der Waals surface area contributed by atoms with Crippen LogP contribution in [0.1, 0.15) is 25.0 Å². The fraction of sp³-hybridized carbons (Fsp3) is 0.0698. The van der Waals surface area contributed by atoms with E-state index in [0.29, 0.717) is 0 Å². The molecule has 0 radical (unpaired) electrons. The van der Waals surface area contributed by atoms with E-state index in [2.05, 4.69) is 158 Å². The Morgan fingerprint density at radius 3 is 2.09 bits per heavy atom. The minimum absolute atomic E-state index is 0.0812. The Labute approximate surface area is 262 Å². The van der Waals surface area contributed by atoms with Crippen LogP contribution in [-0.2, 0) is 5.41 Å². The Hall–Kier alpha value is -5.60. The van der Waals surface area contributed by atoms with E-state index in [0.717, 1.165) is 27.9 Å². The van der Waals surface area contributed by atoms with Crippen LogP contribution in [0.3, 0.4) is 0 Å². The minimum atomic E-state index is -0.0812. The van der Waals surface area contributed by atoms with Crippen molar-refractivity contribution in [3.05, 3.63) is 163 Å². The van der Waals surface area contributed by atoms with Gasteiger partial charge in [-0.15, -0.1) is 0 Å². The summed E-state index contributed by atoms with van der Waals surface area (Å²) in [7, 11) is 0. The molecule has 0 atom stereocenters. The summed E-state index contributed by atoms with van der Waals surface area (Å²) in [4.78, 5) is 2.43.